The van der Waals surface area contributed by atoms with E-state index in [0.717, 1.165) is 12.7 Å². The maximum atomic E-state index is 10.2. The van der Waals surface area contributed by atoms with Crippen LogP contribution >= 0.6 is 0 Å². The summed E-state index contributed by atoms with van der Waals surface area (Å²) >= 11 is 0. The average Bonchev–Trinajstić information content (AvgIpc) is 2.32. The molecule has 1 rings (SSSR count). The second kappa shape index (κ2) is 3.83. The van der Waals surface area contributed by atoms with Crippen molar-refractivity contribution in [2.45, 2.75) is 32.0 Å². The summed E-state index contributed by atoms with van der Waals surface area (Å²) in [6.45, 7) is 2.00. The SMILES string of the molecule is C[C@H]1C[C@@H](CC=O)[C@@H](CO)O1. The lowest BCUT2D eigenvalue weighted by atomic mass is 9.97. The zero-order valence-corrected chi connectivity index (χ0v) is 6.69. The number of ether oxygens (including phenoxy) is 1. The van der Waals surface area contributed by atoms with Crippen LogP contribution in [0.2, 0.25) is 0 Å². The first-order valence-electron chi connectivity index (χ1n) is 3.98. The fourth-order valence-corrected chi connectivity index (χ4v) is 1.61. The number of aliphatic hydroxyl groups excluding tert-OH is 1. The van der Waals surface area contributed by atoms with Crippen molar-refractivity contribution in [1.82, 2.24) is 0 Å². The summed E-state index contributed by atoms with van der Waals surface area (Å²) in [5.41, 5.74) is 0. The molecule has 0 bridgehead atoms. The average molecular weight is 158 g/mol. The number of rotatable bonds is 3. The smallest absolute Gasteiger partial charge is 0.120 e. The summed E-state index contributed by atoms with van der Waals surface area (Å²) in [6, 6.07) is 0. The summed E-state index contributed by atoms with van der Waals surface area (Å²) in [5.74, 6) is 0.229. The molecule has 0 aromatic carbocycles. The van der Waals surface area contributed by atoms with Gasteiger partial charge in [0.05, 0.1) is 18.8 Å². The van der Waals surface area contributed by atoms with Crippen LogP contribution in [0.5, 0.6) is 0 Å². The van der Waals surface area contributed by atoms with Gasteiger partial charge in [0.15, 0.2) is 0 Å². The van der Waals surface area contributed by atoms with E-state index in [-0.39, 0.29) is 24.7 Å². The van der Waals surface area contributed by atoms with Crippen LogP contribution in [-0.2, 0) is 9.53 Å². The van der Waals surface area contributed by atoms with Crippen LogP contribution in [0.25, 0.3) is 0 Å². The highest BCUT2D eigenvalue weighted by molar-refractivity contribution is 5.50. The molecule has 0 aromatic heterocycles. The van der Waals surface area contributed by atoms with E-state index in [1.165, 1.54) is 0 Å². The lowest BCUT2D eigenvalue weighted by Gasteiger charge is -2.12. The normalized spacial score (nSPS) is 37.5. The van der Waals surface area contributed by atoms with Gasteiger partial charge in [-0.05, 0) is 19.3 Å². The van der Waals surface area contributed by atoms with Crippen LogP contribution in [0.4, 0.5) is 0 Å². The molecule has 1 fully saturated rings. The van der Waals surface area contributed by atoms with Gasteiger partial charge in [-0.2, -0.15) is 0 Å². The number of hydrogen-bond donors (Lipinski definition) is 1. The first-order valence-corrected chi connectivity index (χ1v) is 3.98. The van der Waals surface area contributed by atoms with Gasteiger partial charge in [-0.1, -0.05) is 0 Å². The maximum absolute atomic E-state index is 10.2. The summed E-state index contributed by atoms with van der Waals surface area (Å²) in [5, 5.41) is 8.84. The highest BCUT2D eigenvalue weighted by Gasteiger charge is 2.31. The van der Waals surface area contributed by atoms with Crippen molar-refractivity contribution in [3.8, 4) is 0 Å². The first-order chi connectivity index (χ1) is 5.27. The van der Waals surface area contributed by atoms with E-state index >= 15 is 0 Å². The van der Waals surface area contributed by atoms with Crippen molar-refractivity contribution in [2.24, 2.45) is 5.92 Å². The third-order valence-corrected chi connectivity index (χ3v) is 2.15. The van der Waals surface area contributed by atoms with Crippen molar-refractivity contribution in [2.75, 3.05) is 6.61 Å². The molecule has 64 valence electrons. The molecule has 3 heteroatoms. The minimum Gasteiger partial charge on any atom is -0.394 e. The minimum absolute atomic E-state index is 0.0306. The molecule has 3 atom stereocenters. The number of aliphatic hydroxyl groups is 1. The zero-order valence-electron chi connectivity index (χ0n) is 6.69. The van der Waals surface area contributed by atoms with E-state index < -0.39 is 0 Å². The molecule has 1 saturated heterocycles. The van der Waals surface area contributed by atoms with E-state index in [4.69, 9.17) is 9.84 Å². The highest BCUT2D eigenvalue weighted by atomic mass is 16.5. The molecule has 0 spiro atoms. The molecule has 0 aromatic rings. The van der Waals surface area contributed by atoms with Crippen LogP contribution in [0.15, 0.2) is 0 Å². The molecule has 1 N–H and O–H groups in total. The lowest BCUT2D eigenvalue weighted by Crippen LogP contribution is -2.20. The Morgan fingerprint density at radius 1 is 1.73 bits per heavy atom. The number of hydrogen-bond acceptors (Lipinski definition) is 3. The van der Waals surface area contributed by atoms with Gasteiger partial charge < -0.3 is 14.6 Å². The van der Waals surface area contributed by atoms with Gasteiger partial charge in [0.1, 0.15) is 6.29 Å². The van der Waals surface area contributed by atoms with E-state index in [9.17, 15) is 4.79 Å². The Labute approximate surface area is 66.4 Å². The molecular weight excluding hydrogens is 144 g/mol. The Morgan fingerprint density at radius 2 is 2.45 bits per heavy atom. The van der Waals surface area contributed by atoms with Gasteiger partial charge in [0.25, 0.3) is 0 Å². The monoisotopic (exact) mass is 158 g/mol. The lowest BCUT2D eigenvalue weighted by molar-refractivity contribution is -0.109. The quantitative estimate of drug-likeness (QED) is 0.603. The molecule has 0 amide bonds. The number of carbonyl (C=O) groups is 1. The molecule has 11 heavy (non-hydrogen) atoms. The van der Waals surface area contributed by atoms with Crippen molar-refractivity contribution in [3.05, 3.63) is 0 Å². The maximum Gasteiger partial charge on any atom is 0.120 e. The summed E-state index contributed by atoms with van der Waals surface area (Å²) < 4.78 is 5.37. The van der Waals surface area contributed by atoms with Crippen molar-refractivity contribution < 1.29 is 14.6 Å². The third-order valence-electron chi connectivity index (χ3n) is 2.15. The van der Waals surface area contributed by atoms with E-state index in [1.807, 2.05) is 6.92 Å². The Balaban J connectivity index is 2.43. The van der Waals surface area contributed by atoms with E-state index in [0.29, 0.717) is 6.42 Å². The Kier molecular flexibility index (Phi) is 3.02. The fourth-order valence-electron chi connectivity index (χ4n) is 1.61. The minimum atomic E-state index is -0.116. The van der Waals surface area contributed by atoms with Gasteiger partial charge in [-0.25, -0.2) is 0 Å². The van der Waals surface area contributed by atoms with Gasteiger partial charge in [-0.15, -0.1) is 0 Å². The summed E-state index contributed by atoms with van der Waals surface area (Å²) in [6.07, 6.45) is 2.38. The largest absolute Gasteiger partial charge is 0.394 e. The van der Waals surface area contributed by atoms with Crippen molar-refractivity contribution >= 4 is 6.29 Å². The molecule has 0 radical (unpaired) electrons. The van der Waals surface area contributed by atoms with Gasteiger partial charge in [-0.3, -0.25) is 0 Å². The second-order valence-electron chi connectivity index (χ2n) is 3.07. The third kappa shape index (κ3) is 2.01. The Bertz CT molecular complexity index is 135. The van der Waals surface area contributed by atoms with Crippen molar-refractivity contribution in [3.63, 3.8) is 0 Å². The number of aldehydes is 1. The molecule has 3 nitrogen and oxygen atoms in total. The standard InChI is InChI=1S/C8H14O3/c1-6-4-7(2-3-9)8(5-10)11-6/h3,6-8,10H,2,4-5H2,1H3/t6-,7+,8+/m0/s1. The van der Waals surface area contributed by atoms with Gasteiger partial charge in [0, 0.05) is 6.42 Å². The first kappa shape index (κ1) is 8.68. The van der Waals surface area contributed by atoms with Crippen LogP contribution in [0.3, 0.4) is 0 Å². The van der Waals surface area contributed by atoms with E-state index in [2.05, 4.69) is 0 Å². The molecule has 1 heterocycles. The Hall–Kier alpha value is -0.410. The molecular formula is C8H14O3. The van der Waals surface area contributed by atoms with Crippen LogP contribution in [0, 0.1) is 5.92 Å². The van der Waals surface area contributed by atoms with Crippen LogP contribution in [-0.4, -0.2) is 30.2 Å². The summed E-state index contributed by atoms with van der Waals surface area (Å²) in [4.78, 5) is 10.2. The molecule has 1 aliphatic rings. The van der Waals surface area contributed by atoms with Crippen molar-refractivity contribution in [1.29, 1.82) is 0 Å². The summed E-state index contributed by atoms with van der Waals surface area (Å²) in [7, 11) is 0. The molecule has 0 saturated carbocycles. The fraction of sp³-hybridized carbons (Fsp3) is 0.875. The second-order valence-corrected chi connectivity index (χ2v) is 3.07. The predicted octanol–water partition coefficient (Wildman–Crippen LogP) is 0.361. The van der Waals surface area contributed by atoms with Gasteiger partial charge >= 0.3 is 0 Å². The number of carbonyl (C=O) groups excluding carboxylic acids is 1. The van der Waals surface area contributed by atoms with Crippen LogP contribution in [0.1, 0.15) is 19.8 Å². The Morgan fingerprint density at radius 3 is 3.00 bits per heavy atom. The topological polar surface area (TPSA) is 46.5 Å². The van der Waals surface area contributed by atoms with Crippen LogP contribution < -0.4 is 0 Å². The molecule has 0 unspecified atom stereocenters. The highest BCUT2D eigenvalue weighted by Crippen LogP contribution is 2.27. The van der Waals surface area contributed by atoms with Gasteiger partial charge in [0.2, 0.25) is 0 Å². The predicted molar refractivity (Wildman–Crippen MR) is 40.2 cm³/mol. The zero-order chi connectivity index (χ0) is 8.27. The molecule has 1 aliphatic heterocycles. The molecule has 0 aliphatic carbocycles. The van der Waals surface area contributed by atoms with E-state index in [1.54, 1.807) is 0 Å².